The van der Waals surface area contributed by atoms with Gasteiger partial charge in [-0.15, -0.1) is 10.2 Å². The van der Waals surface area contributed by atoms with Crippen LogP contribution < -0.4 is 11.1 Å². The molecule has 3 N–H and O–H groups in total. The molecule has 3 aromatic heterocycles. The van der Waals surface area contributed by atoms with Crippen molar-refractivity contribution in [2.75, 3.05) is 0 Å². The van der Waals surface area contributed by atoms with E-state index in [9.17, 15) is 9.59 Å². The number of aryl methyl sites for hydroxylation is 1. The Morgan fingerprint density at radius 3 is 2.40 bits per heavy atom. The number of hydrogen-bond donors (Lipinski definition) is 3. The van der Waals surface area contributed by atoms with Gasteiger partial charge in [-0.05, 0) is 28.8 Å². The van der Waals surface area contributed by atoms with Crippen molar-refractivity contribution in [1.29, 1.82) is 0 Å². The van der Waals surface area contributed by atoms with Crippen LogP contribution in [0.1, 0.15) is 11.4 Å². The lowest BCUT2D eigenvalue weighted by Crippen LogP contribution is -2.21. The third-order valence-electron chi connectivity index (χ3n) is 5.00. The van der Waals surface area contributed by atoms with Gasteiger partial charge in [-0.2, -0.15) is 5.21 Å². The average molecular weight is 400 g/mol. The maximum Gasteiger partial charge on any atom is 0.290 e. The van der Waals surface area contributed by atoms with E-state index in [1.165, 1.54) is 0 Å². The molecular formula is C20H16N8O2. The van der Waals surface area contributed by atoms with Crippen molar-refractivity contribution in [3.8, 4) is 22.5 Å². The zero-order chi connectivity index (χ0) is 20.7. The summed E-state index contributed by atoms with van der Waals surface area (Å²) >= 11 is 0. The number of hydrogen-bond acceptors (Lipinski definition) is 6. The molecule has 0 bridgehead atoms. The Hall–Kier alpha value is -4.34. The quantitative estimate of drug-likeness (QED) is 0.419. The maximum absolute atomic E-state index is 12.2. The zero-order valence-electron chi connectivity index (χ0n) is 15.9. The highest BCUT2D eigenvalue weighted by molar-refractivity contribution is 5.80. The van der Waals surface area contributed by atoms with E-state index in [0.29, 0.717) is 18.2 Å². The summed E-state index contributed by atoms with van der Waals surface area (Å²) in [5.41, 5.74) is 3.44. The molecule has 0 aliphatic rings. The molecule has 0 radical (unpaired) electrons. The van der Waals surface area contributed by atoms with E-state index >= 15 is 0 Å². The molecule has 10 nitrogen and oxygen atoms in total. The van der Waals surface area contributed by atoms with Gasteiger partial charge in [-0.3, -0.25) is 19.8 Å². The SMILES string of the molecule is Cc1nc2c(=O)[nH][nH]c(=O)c2n1Cc1ccc(-c2ccccc2-c2nn[nH]n2)cc1. The number of fused-ring (bicyclic) bond motifs is 1. The number of imidazole rings is 1. The van der Waals surface area contributed by atoms with E-state index in [1.54, 1.807) is 11.5 Å². The first kappa shape index (κ1) is 17.7. The molecule has 0 aliphatic heterocycles. The van der Waals surface area contributed by atoms with E-state index in [2.05, 4.69) is 35.8 Å². The highest BCUT2D eigenvalue weighted by Gasteiger charge is 2.15. The largest absolute Gasteiger partial charge is 0.319 e. The Morgan fingerprint density at radius 2 is 1.67 bits per heavy atom. The molecule has 0 saturated heterocycles. The smallest absolute Gasteiger partial charge is 0.290 e. The van der Waals surface area contributed by atoms with Crippen molar-refractivity contribution >= 4 is 11.0 Å². The van der Waals surface area contributed by atoms with Crippen LogP contribution in [0.5, 0.6) is 0 Å². The lowest BCUT2D eigenvalue weighted by molar-refractivity contribution is 0.780. The number of nitrogens with zero attached hydrogens (tertiary/aromatic N) is 5. The van der Waals surface area contributed by atoms with Crippen molar-refractivity contribution < 1.29 is 0 Å². The number of benzene rings is 2. The summed E-state index contributed by atoms with van der Waals surface area (Å²) in [7, 11) is 0. The van der Waals surface area contributed by atoms with Crippen LogP contribution in [0.15, 0.2) is 58.1 Å². The van der Waals surface area contributed by atoms with Crippen molar-refractivity contribution in [3.63, 3.8) is 0 Å². The molecule has 0 amide bonds. The monoisotopic (exact) mass is 400 g/mol. The van der Waals surface area contributed by atoms with Gasteiger partial charge in [0.05, 0.1) is 0 Å². The van der Waals surface area contributed by atoms with Crippen molar-refractivity contribution in [2.24, 2.45) is 0 Å². The minimum Gasteiger partial charge on any atom is -0.319 e. The van der Waals surface area contributed by atoms with Crippen LogP contribution in [0.2, 0.25) is 0 Å². The molecule has 0 atom stereocenters. The number of aromatic nitrogens is 8. The van der Waals surface area contributed by atoms with Gasteiger partial charge in [0.15, 0.2) is 5.52 Å². The first-order valence-electron chi connectivity index (χ1n) is 9.22. The lowest BCUT2D eigenvalue weighted by Gasteiger charge is -2.10. The van der Waals surface area contributed by atoms with Crippen LogP contribution in [0.25, 0.3) is 33.5 Å². The second-order valence-electron chi connectivity index (χ2n) is 6.83. The normalized spacial score (nSPS) is 11.2. The van der Waals surface area contributed by atoms with Crippen LogP contribution in [-0.2, 0) is 6.54 Å². The number of H-pyrrole nitrogens is 3. The molecule has 3 heterocycles. The van der Waals surface area contributed by atoms with E-state index < -0.39 is 5.56 Å². The molecule has 148 valence electrons. The third-order valence-corrected chi connectivity index (χ3v) is 5.00. The van der Waals surface area contributed by atoms with Crippen molar-refractivity contribution in [3.05, 3.63) is 80.6 Å². The van der Waals surface area contributed by atoms with Crippen LogP contribution in [0.3, 0.4) is 0 Å². The Balaban J connectivity index is 1.52. The maximum atomic E-state index is 12.2. The van der Waals surface area contributed by atoms with Crippen molar-refractivity contribution in [2.45, 2.75) is 13.5 Å². The fourth-order valence-electron chi connectivity index (χ4n) is 3.56. The van der Waals surface area contributed by atoms with E-state index in [1.807, 2.05) is 48.5 Å². The van der Waals surface area contributed by atoms with Crippen LogP contribution in [-0.4, -0.2) is 40.4 Å². The summed E-state index contributed by atoms with van der Waals surface area (Å²) in [6, 6.07) is 15.8. The number of aromatic amines is 3. The summed E-state index contributed by atoms with van der Waals surface area (Å²) < 4.78 is 1.74. The summed E-state index contributed by atoms with van der Waals surface area (Å²) in [4.78, 5) is 28.5. The number of nitrogens with one attached hydrogen (secondary N) is 3. The zero-order valence-corrected chi connectivity index (χ0v) is 15.9. The molecule has 5 aromatic rings. The van der Waals surface area contributed by atoms with Gasteiger partial charge < -0.3 is 4.57 Å². The fraction of sp³-hybridized carbons (Fsp3) is 0.100. The molecular weight excluding hydrogens is 384 g/mol. The minimum absolute atomic E-state index is 0.141. The van der Waals surface area contributed by atoms with E-state index in [0.717, 1.165) is 22.3 Å². The second-order valence-corrected chi connectivity index (χ2v) is 6.83. The van der Waals surface area contributed by atoms with Gasteiger partial charge in [0.25, 0.3) is 11.1 Å². The first-order valence-corrected chi connectivity index (χ1v) is 9.22. The Labute approximate surface area is 168 Å². The molecule has 2 aromatic carbocycles. The van der Waals surface area contributed by atoms with Gasteiger partial charge in [0, 0.05) is 12.1 Å². The fourth-order valence-corrected chi connectivity index (χ4v) is 3.56. The van der Waals surface area contributed by atoms with Crippen LogP contribution >= 0.6 is 0 Å². The van der Waals surface area contributed by atoms with Gasteiger partial charge in [0.1, 0.15) is 11.3 Å². The van der Waals surface area contributed by atoms with Gasteiger partial charge >= 0.3 is 0 Å². The molecule has 30 heavy (non-hydrogen) atoms. The molecule has 10 heteroatoms. The molecule has 0 fully saturated rings. The van der Waals surface area contributed by atoms with Gasteiger partial charge in [0.2, 0.25) is 5.82 Å². The highest BCUT2D eigenvalue weighted by Crippen LogP contribution is 2.29. The minimum atomic E-state index is -0.417. The summed E-state index contributed by atoms with van der Waals surface area (Å²) in [6.45, 7) is 2.19. The van der Waals surface area contributed by atoms with E-state index in [4.69, 9.17) is 0 Å². The Morgan fingerprint density at radius 1 is 0.933 bits per heavy atom. The lowest BCUT2D eigenvalue weighted by atomic mass is 9.98. The third kappa shape index (κ3) is 2.91. The molecule has 5 rings (SSSR count). The Kier molecular flexibility index (Phi) is 4.09. The topological polar surface area (TPSA) is 138 Å². The predicted molar refractivity (Wildman–Crippen MR) is 110 cm³/mol. The number of tetrazole rings is 1. The molecule has 0 saturated carbocycles. The first-order chi connectivity index (χ1) is 14.6. The molecule has 0 unspecified atom stereocenters. The highest BCUT2D eigenvalue weighted by atomic mass is 16.1. The van der Waals surface area contributed by atoms with Crippen molar-refractivity contribution in [1.82, 2.24) is 40.4 Å². The van der Waals surface area contributed by atoms with Crippen LogP contribution in [0, 0.1) is 6.92 Å². The van der Waals surface area contributed by atoms with Gasteiger partial charge in [-0.25, -0.2) is 4.98 Å². The summed E-state index contributed by atoms with van der Waals surface area (Å²) in [5.74, 6) is 1.12. The predicted octanol–water partition coefficient (Wildman–Crippen LogP) is 1.62. The van der Waals surface area contributed by atoms with Gasteiger partial charge in [-0.1, -0.05) is 48.5 Å². The molecule has 0 spiro atoms. The summed E-state index contributed by atoms with van der Waals surface area (Å²) in [6.07, 6.45) is 0. The van der Waals surface area contributed by atoms with E-state index in [-0.39, 0.29) is 16.6 Å². The number of rotatable bonds is 4. The average Bonchev–Trinajstić information content (AvgIpc) is 3.41. The van der Waals surface area contributed by atoms with Crippen LogP contribution in [0.4, 0.5) is 0 Å². The Bertz CT molecular complexity index is 1460. The molecule has 0 aliphatic carbocycles. The second kappa shape index (κ2) is 6.92. The summed E-state index contributed by atoms with van der Waals surface area (Å²) in [5, 5.41) is 18.9. The standard InChI is InChI=1S/C20H16N8O2/c1-11-21-16-17(20(30)25-24-19(16)29)28(11)10-12-6-8-13(9-7-12)14-4-2-3-5-15(14)18-22-26-27-23-18/h2-9H,10H2,1H3,(H,24,29)(H,25,30)(H,22,23,26,27).